The summed E-state index contributed by atoms with van der Waals surface area (Å²) in [5.74, 6) is 0. The first-order chi connectivity index (χ1) is 2.45. The van der Waals surface area contributed by atoms with Crippen LogP contribution in [0, 0.1) is 0 Å². The molecule has 0 aromatic rings. The molecule has 0 saturated heterocycles. The Balaban J connectivity index is -0.0000000300. The van der Waals surface area contributed by atoms with Crippen molar-refractivity contribution in [2.75, 3.05) is 0 Å². The molecule has 0 atom stereocenters. The summed E-state index contributed by atoms with van der Waals surface area (Å²) in [5.41, 5.74) is 0. The fourth-order valence-corrected chi connectivity index (χ4v) is 0. The van der Waals surface area contributed by atoms with Gasteiger partial charge in [0.25, 0.3) is 0 Å². The van der Waals surface area contributed by atoms with Crippen molar-refractivity contribution in [2.45, 2.75) is 0 Å². The predicted octanol–water partition coefficient (Wildman–Crippen LogP) is 5.64. The first-order valence-corrected chi connectivity index (χ1v) is 12.7. The van der Waals surface area contributed by atoms with Crippen LogP contribution in [-0.4, -0.2) is 0 Å². The van der Waals surface area contributed by atoms with Gasteiger partial charge in [0.05, 0.1) is 0 Å². The fourth-order valence-electron chi connectivity index (χ4n) is 0. The molecule has 0 spiro atoms. The van der Waals surface area contributed by atoms with Gasteiger partial charge in [0, 0.05) is 0 Å². The number of rotatable bonds is 0. The summed E-state index contributed by atoms with van der Waals surface area (Å²) in [6.07, 6.45) is 0. The maximum absolute atomic E-state index is 5.08. The molecule has 11 heteroatoms. The molecule has 0 amide bonds. The molecule has 0 heterocycles. The van der Waals surface area contributed by atoms with E-state index < -0.39 is 6.97 Å². The molecule has 0 unspecified atom stereocenters. The fraction of sp³-hybridized carbons (Fsp3) is 0. The number of quaternary nitrogens is 4. The standard InChI is InChI=1S/6ClH.4H3N.Pd/h6*1H;4*1H3;/q;;;;;;;;;;+2/p-2. The van der Waals surface area contributed by atoms with Crippen LogP contribution in [0.3, 0.4) is 0 Å². The summed E-state index contributed by atoms with van der Waals surface area (Å²) in [5, 5.41) is 0. The molecule has 4 nitrogen and oxygen atoms in total. The normalized spacial score (nSPS) is 14.7. The quantitative estimate of drug-likeness (QED) is 0.379. The van der Waals surface area contributed by atoms with Gasteiger partial charge in [0.2, 0.25) is 0 Å². The van der Waals surface area contributed by atoms with Crippen molar-refractivity contribution in [3.05, 3.63) is 0 Å². The Kier molecular flexibility index (Phi) is 13.8. The molecule has 16 N–H and O–H groups in total. The molecule has 0 rings (SSSR count). The minimum Gasteiger partial charge on any atom is -0.369 e. The molecule has 0 saturated carbocycles. The Morgan fingerprint density at radius 3 is 0.455 bits per heavy atom. The molecule has 0 aromatic carbocycles. The third-order valence-corrected chi connectivity index (χ3v) is 0. The molecule has 0 aromatic heterocycles. The van der Waals surface area contributed by atoms with Crippen LogP contribution in [-0.2, 0) is 6.97 Å². The minimum absolute atomic E-state index is 0. The van der Waals surface area contributed by atoms with Gasteiger partial charge in [0.1, 0.15) is 0 Å². The second kappa shape index (κ2) is 5.20. The van der Waals surface area contributed by atoms with Crippen molar-refractivity contribution in [1.29, 1.82) is 0 Å². The van der Waals surface area contributed by atoms with Gasteiger partial charge in [-0.25, -0.2) is 0 Å². The Labute approximate surface area is 87.9 Å². The average molecular weight is 391 g/mol. The van der Waals surface area contributed by atoms with Crippen LogP contribution in [0.1, 0.15) is 0 Å². The van der Waals surface area contributed by atoms with E-state index in [4.69, 9.17) is 57.2 Å². The van der Waals surface area contributed by atoms with E-state index in [1.165, 1.54) is 0 Å². The van der Waals surface area contributed by atoms with Gasteiger partial charge in [-0.05, 0) is 0 Å². The zero-order valence-corrected chi connectivity index (χ0v) is 12.7. The summed E-state index contributed by atoms with van der Waals surface area (Å²) in [7, 11) is 30.2. The van der Waals surface area contributed by atoms with E-state index in [2.05, 4.69) is 0 Å². The minimum atomic E-state index is -5.08. The summed E-state index contributed by atoms with van der Waals surface area (Å²) in [6.45, 7) is -5.08. The summed E-state index contributed by atoms with van der Waals surface area (Å²) >= 11 is 0. The topological polar surface area (TPSA) is 146 Å². The molecule has 0 aliphatic carbocycles. The Bertz CT molecular complexity index is 73.1. The second-order valence-corrected chi connectivity index (χ2v) is 36.1. The van der Waals surface area contributed by atoms with E-state index in [-0.39, 0.29) is 24.6 Å². The second-order valence-electron chi connectivity index (χ2n) is 0.678. The predicted molar refractivity (Wildman–Crippen MR) is 59.1 cm³/mol. The van der Waals surface area contributed by atoms with Crippen molar-refractivity contribution in [3.8, 4) is 0 Å². The molecular formula is H16Cl6N4Pd. The number of halogens is 6. The monoisotopic (exact) mass is 388 g/mol. The van der Waals surface area contributed by atoms with Crippen molar-refractivity contribution in [2.24, 2.45) is 0 Å². The molecule has 0 bridgehead atoms. The Hall–Kier alpha value is 2.24. The van der Waals surface area contributed by atoms with Gasteiger partial charge in [-0.2, -0.15) is 0 Å². The zero-order chi connectivity index (χ0) is 6.41. The van der Waals surface area contributed by atoms with E-state index in [0.717, 1.165) is 0 Å². The SMILES string of the molecule is [Cl][Pd-4]([Cl])([Cl])([Cl])([Cl])[Cl].[NH4+].[NH4+].[NH4+].[NH4+]. The van der Waals surface area contributed by atoms with Gasteiger partial charge in [-0.15, -0.1) is 0 Å². The van der Waals surface area contributed by atoms with Gasteiger partial charge < -0.3 is 24.6 Å². The summed E-state index contributed by atoms with van der Waals surface area (Å²) in [6, 6.07) is 0. The van der Waals surface area contributed by atoms with E-state index in [0.29, 0.717) is 0 Å². The third kappa shape index (κ3) is 255. The van der Waals surface area contributed by atoms with Crippen molar-refractivity contribution < 1.29 is 6.97 Å². The maximum atomic E-state index is 5.03. The van der Waals surface area contributed by atoms with Gasteiger partial charge in [-0.3, -0.25) is 0 Å². The molecular weight excluding hydrogens is 375 g/mol. The Morgan fingerprint density at radius 1 is 0.455 bits per heavy atom. The van der Waals surface area contributed by atoms with E-state index in [1.54, 1.807) is 0 Å². The average Bonchev–Trinajstić information content (AvgIpc) is 0.592. The van der Waals surface area contributed by atoms with Gasteiger partial charge in [-0.1, -0.05) is 0 Å². The molecule has 0 radical (unpaired) electrons. The van der Waals surface area contributed by atoms with Crippen LogP contribution < -0.4 is 24.6 Å². The molecule has 0 aliphatic heterocycles. The van der Waals surface area contributed by atoms with Crippen LogP contribution in [0.25, 0.3) is 0 Å². The first-order valence-electron chi connectivity index (χ1n) is 0.717. The summed E-state index contributed by atoms with van der Waals surface area (Å²) < 4.78 is 0. The largest absolute Gasteiger partial charge is 0.369 e. The molecule has 11 heavy (non-hydrogen) atoms. The zero-order valence-electron chi connectivity index (χ0n) is 6.58. The van der Waals surface area contributed by atoms with Gasteiger partial charge in [0.15, 0.2) is 0 Å². The van der Waals surface area contributed by atoms with Gasteiger partial charge >= 0.3 is 64.1 Å². The smallest absolute Gasteiger partial charge is 0.369 e. The first kappa shape index (κ1) is 29.2. The Morgan fingerprint density at radius 2 is 0.455 bits per heavy atom. The van der Waals surface area contributed by atoms with Crippen molar-refractivity contribution >= 4 is 57.2 Å². The van der Waals surface area contributed by atoms with Crippen LogP contribution >= 0.6 is 57.2 Å². The van der Waals surface area contributed by atoms with Crippen LogP contribution in [0.5, 0.6) is 0 Å². The van der Waals surface area contributed by atoms with Crippen LogP contribution in [0.4, 0.5) is 0 Å². The van der Waals surface area contributed by atoms with E-state index in [1.807, 2.05) is 0 Å². The van der Waals surface area contributed by atoms with Crippen LogP contribution in [0.15, 0.2) is 0 Å². The summed E-state index contributed by atoms with van der Waals surface area (Å²) in [4.78, 5) is 0. The van der Waals surface area contributed by atoms with E-state index >= 15 is 0 Å². The van der Waals surface area contributed by atoms with Crippen molar-refractivity contribution in [3.63, 3.8) is 0 Å². The maximum Gasteiger partial charge on any atom is -0.369 e. The molecule has 0 fully saturated rings. The van der Waals surface area contributed by atoms with Crippen molar-refractivity contribution in [1.82, 2.24) is 24.6 Å². The van der Waals surface area contributed by atoms with E-state index in [9.17, 15) is 0 Å². The van der Waals surface area contributed by atoms with Crippen LogP contribution in [0.2, 0.25) is 0 Å². The molecule has 0 aliphatic rings. The number of hydrogen-bond donors (Lipinski definition) is 4. The third-order valence-electron chi connectivity index (χ3n) is 0. The molecule has 88 valence electrons. The number of hydrogen-bond acceptors (Lipinski definition) is 0.